The number of nitro benzene ring substituents is 1. The van der Waals surface area contributed by atoms with Gasteiger partial charge in [-0.25, -0.2) is 8.42 Å². The molecule has 2 atom stereocenters. The van der Waals surface area contributed by atoms with E-state index in [1.54, 1.807) is 0 Å². The van der Waals surface area contributed by atoms with Crippen molar-refractivity contribution in [1.29, 1.82) is 0 Å². The minimum Gasteiger partial charge on any atom is -0.481 e. The Morgan fingerprint density at radius 3 is 2.36 bits per heavy atom. The van der Waals surface area contributed by atoms with Crippen LogP contribution in [-0.4, -0.2) is 48.0 Å². The Balaban J connectivity index is 2.39. The molecule has 0 bridgehead atoms. The van der Waals surface area contributed by atoms with Gasteiger partial charge in [0.2, 0.25) is 10.0 Å². The summed E-state index contributed by atoms with van der Waals surface area (Å²) in [5, 5.41) is 19.7. The summed E-state index contributed by atoms with van der Waals surface area (Å²) < 4.78 is 64.4. The number of aryl methyl sites for hydroxylation is 1. The Kier molecular flexibility index (Phi) is 4.79. The maximum absolute atomic E-state index is 13.0. The molecule has 1 heterocycles. The molecule has 25 heavy (non-hydrogen) atoms. The summed E-state index contributed by atoms with van der Waals surface area (Å²) in [5.41, 5.74) is -0.315. The van der Waals surface area contributed by atoms with E-state index >= 15 is 0 Å². The van der Waals surface area contributed by atoms with Gasteiger partial charge in [0.15, 0.2) is 0 Å². The quantitative estimate of drug-likeness (QED) is 0.627. The monoisotopic (exact) mass is 382 g/mol. The first kappa shape index (κ1) is 19.1. The lowest BCUT2D eigenvalue weighted by Gasteiger charge is -2.18. The third kappa shape index (κ3) is 3.58. The molecule has 12 heteroatoms. The Morgan fingerprint density at radius 1 is 1.36 bits per heavy atom. The zero-order valence-electron chi connectivity index (χ0n) is 12.7. The van der Waals surface area contributed by atoms with Crippen molar-refractivity contribution in [2.24, 2.45) is 11.8 Å². The first-order valence-electron chi connectivity index (χ1n) is 6.90. The van der Waals surface area contributed by atoms with E-state index in [0.717, 1.165) is 18.2 Å². The van der Waals surface area contributed by atoms with E-state index < -0.39 is 56.9 Å². The zero-order valence-corrected chi connectivity index (χ0v) is 13.5. The van der Waals surface area contributed by atoms with E-state index in [2.05, 4.69) is 0 Å². The van der Waals surface area contributed by atoms with Crippen molar-refractivity contribution in [3.05, 3.63) is 33.9 Å². The lowest BCUT2D eigenvalue weighted by molar-refractivity contribution is -0.385. The maximum atomic E-state index is 13.0. The predicted molar refractivity (Wildman–Crippen MR) is 77.3 cm³/mol. The minimum absolute atomic E-state index is 0.0208. The molecule has 0 unspecified atom stereocenters. The molecule has 1 N–H and O–H groups in total. The number of carbonyl (C=O) groups is 1. The smallest absolute Gasteiger partial charge is 0.393 e. The van der Waals surface area contributed by atoms with Crippen molar-refractivity contribution < 1.29 is 36.4 Å². The van der Waals surface area contributed by atoms with Gasteiger partial charge in [-0.1, -0.05) is 0 Å². The molecule has 8 nitrogen and oxygen atoms in total. The molecule has 2 rings (SSSR count). The zero-order chi connectivity index (χ0) is 19.2. The molecule has 138 valence electrons. The highest BCUT2D eigenvalue weighted by Crippen LogP contribution is 2.39. The number of carboxylic acid groups (broad SMARTS) is 1. The number of hydrogen-bond acceptors (Lipinski definition) is 5. The van der Waals surface area contributed by atoms with Gasteiger partial charge in [-0.2, -0.15) is 17.5 Å². The van der Waals surface area contributed by atoms with Crippen LogP contribution >= 0.6 is 0 Å². The van der Waals surface area contributed by atoms with Crippen LogP contribution < -0.4 is 0 Å². The largest absolute Gasteiger partial charge is 0.481 e. The first-order chi connectivity index (χ1) is 11.4. The van der Waals surface area contributed by atoms with Gasteiger partial charge in [0.1, 0.15) is 0 Å². The van der Waals surface area contributed by atoms with Crippen molar-refractivity contribution >= 4 is 21.7 Å². The van der Waals surface area contributed by atoms with Gasteiger partial charge in [0.25, 0.3) is 5.69 Å². The molecule has 1 aromatic rings. The molecule has 0 radical (unpaired) electrons. The van der Waals surface area contributed by atoms with E-state index in [9.17, 15) is 36.5 Å². The maximum Gasteiger partial charge on any atom is 0.393 e. The second kappa shape index (κ2) is 6.26. The number of halogens is 3. The lowest BCUT2D eigenvalue weighted by Crippen LogP contribution is -2.34. The summed E-state index contributed by atoms with van der Waals surface area (Å²) in [6, 6.07) is 2.83. The number of rotatable bonds is 4. The predicted octanol–water partition coefficient (Wildman–Crippen LogP) is 1.79. The summed E-state index contributed by atoms with van der Waals surface area (Å²) in [6.45, 7) is -0.545. The standard InChI is InChI=1S/C13H13F3N2O6S/c1-7-4-8(2-3-11(7)18(21)22)25(23,24)17-5-9(12(19)20)10(6-17)13(14,15)16/h2-4,9-10H,5-6H2,1H3,(H,19,20)/t9-,10-/m1/s1. The number of carboxylic acids is 1. The van der Waals surface area contributed by atoms with Crippen molar-refractivity contribution in [3.63, 3.8) is 0 Å². The Morgan fingerprint density at radius 2 is 1.96 bits per heavy atom. The summed E-state index contributed by atoms with van der Waals surface area (Å²) in [5.74, 6) is -5.97. The number of sulfonamides is 1. The Labute approximate surface area is 140 Å². The molecule has 0 aromatic heterocycles. The van der Waals surface area contributed by atoms with Crippen LogP contribution in [0.4, 0.5) is 18.9 Å². The number of aliphatic carboxylic acids is 1. The van der Waals surface area contributed by atoms with Crippen LogP contribution in [0.3, 0.4) is 0 Å². The highest BCUT2D eigenvalue weighted by molar-refractivity contribution is 7.89. The Hall–Kier alpha value is -2.21. The van der Waals surface area contributed by atoms with Gasteiger partial charge < -0.3 is 5.11 Å². The van der Waals surface area contributed by atoms with Crippen molar-refractivity contribution in [2.45, 2.75) is 18.0 Å². The average Bonchev–Trinajstić information content (AvgIpc) is 2.92. The van der Waals surface area contributed by atoms with E-state index in [4.69, 9.17) is 5.11 Å². The lowest BCUT2D eigenvalue weighted by atomic mass is 9.96. The fourth-order valence-corrected chi connectivity index (χ4v) is 4.27. The number of hydrogen-bond donors (Lipinski definition) is 1. The molecular weight excluding hydrogens is 369 g/mol. The molecule has 0 saturated carbocycles. The first-order valence-corrected chi connectivity index (χ1v) is 8.34. The van der Waals surface area contributed by atoms with Crippen molar-refractivity contribution in [2.75, 3.05) is 13.1 Å². The fourth-order valence-electron chi connectivity index (χ4n) is 2.69. The second-order valence-corrected chi connectivity index (χ2v) is 7.56. The number of benzene rings is 1. The third-order valence-electron chi connectivity index (χ3n) is 4.03. The summed E-state index contributed by atoms with van der Waals surface area (Å²) in [4.78, 5) is 20.7. The highest BCUT2D eigenvalue weighted by Gasteiger charge is 2.55. The number of alkyl halides is 3. The molecular formula is C13H13F3N2O6S. The highest BCUT2D eigenvalue weighted by atomic mass is 32.2. The SMILES string of the molecule is Cc1cc(S(=O)(=O)N2C[C@@H](C(F)(F)F)[C@H](C(=O)O)C2)ccc1[N+](=O)[O-]. The molecule has 1 saturated heterocycles. The molecule has 0 aliphatic carbocycles. The number of nitrogens with zero attached hydrogens (tertiary/aromatic N) is 2. The van der Waals surface area contributed by atoms with Crippen LogP contribution in [0.1, 0.15) is 5.56 Å². The van der Waals surface area contributed by atoms with Gasteiger partial charge in [0, 0.05) is 24.7 Å². The topological polar surface area (TPSA) is 118 Å². The van der Waals surface area contributed by atoms with Crippen LogP contribution in [0.2, 0.25) is 0 Å². The third-order valence-corrected chi connectivity index (χ3v) is 5.85. The van der Waals surface area contributed by atoms with Gasteiger partial charge in [-0.3, -0.25) is 14.9 Å². The molecule has 0 spiro atoms. The normalized spacial score (nSPS) is 22.1. The van der Waals surface area contributed by atoms with Crippen LogP contribution in [0.25, 0.3) is 0 Å². The van der Waals surface area contributed by atoms with Gasteiger partial charge >= 0.3 is 12.1 Å². The number of nitro groups is 1. The van der Waals surface area contributed by atoms with E-state index in [-0.39, 0.29) is 11.3 Å². The van der Waals surface area contributed by atoms with Crippen LogP contribution in [0.5, 0.6) is 0 Å². The average molecular weight is 382 g/mol. The van der Waals surface area contributed by atoms with Crippen LogP contribution in [0, 0.1) is 28.9 Å². The van der Waals surface area contributed by atoms with Crippen molar-refractivity contribution in [3.8, 4) is 0 Å². The van der Waals surface area contributed by atoms with Gasteiger partial charge in [-0.15, -0.1) is 0 Å². The van der Waals surface area contributed by atoms with Crippen LogP contribution in [0.15, 0.2) is 23.1 Å². The molecule has 0 amide bonds. The Bertz CT molecular complexity index is 824. The molecule has 1 fully saturated rings. The molecule has 1 aromatic carbocycles. The molecule has 1 aliphatic rings. The van der Waals surface area contributed by atoms with Crippen LogP contribution in [-0.2, 0) is 14.8 Å². The van der Waals surface area contributed by atoms with Gasteiger partial charge in [-0.05, 0) is 19.1 Å². The van der Waals surface area contributed by atoms with E-state index in [0.29, 0.717) is 4.31 Å². The molecule has 1 aliphatic heterocycles. The summed E-state index contributed by atoms with van der Waals surface area (Å²) in [7, 11) is -4.42. The second-order valence-electron chi connectivity index (χ2n) is 5.62. The summed E-state index contributed by atoms with van der Waals surface area (Å²) >= 11 is 0. The van der Waals surface area contributed by atoms with Gasteiger partial charge in [0.05, 0.1) is 21.7 Å². The fraction of sp³-hybridized carbons (Fsp3) is 0.462. The summed E-state index contributed by atoms with van der Waals surface area (Å²) in [6.07, 6.45) is -4.86. The minimum atomic E-state index is -4.86. The van der Waals surface area contributed by atoms with E-state index in [1.807, 2.05) is 0 Å². The van der Waals surface area contributed by atoms with E-state index in [1.165, 1.54) is 6.92 Å². The van der Waals surface area contributed by atoms with Crippen molar-refractivity contribution in [1.82, 2.24) is 4.31 Å².